The van der Waals surface area contributed by atoms with Gasteiger partial charge < -0.3 is 9.67 Å². The van der Waals surface area contributed by atoms with Crippen LogP contribution in [0.25, 0.3) is 11.3 Å². The first-order valence-corrected chi connectivity index (χ1v) is 5.14. The first-order valence-electron chi connectivity index (χ1n) is 5.14. The molecule has 0 unspecified atom stereocenters. The number of aliphatic hydroxyl groups excluding tert-OH is 1. The highest BCUT2D eigenvalue weighted by atomic mass is 16.3. The summed E-state index contributed by atoms with van der Waals surface area (Å²) < 4.78 is 2.09. The minimum Gasteiger partial charge on any atom is -0.395 e. The topological polar surface area (TPSA) is 25.2 Å². The van der Waals surface area contributed by atoms with Gasteiger partial charge in [-0.2, -0.15) is 0 Å². The SMILES string of the molecule is Cc1cc(-c2ccccc2)n(CCO)c1. The van der Waals surface area contributed by atoms with E-state index in [0.717, 1.165) is 0 Å². The molecule has 2 rings (SSSR count). The molecule has 0 saturated heterocycles. The third-order valence-electron chi connectivity index (χ3n) is 2.44. The standard InChI is InChI=1S/C13H15NO/c1-11-9-13(14(10-11)7-8-15)12-5-3-2-4-6-12/h2-6,9-10,15H,7-8H2,1H3. The van der Waals surface area contributed by atoms with Crippen LogP contribution in [-0.2, 0) is 6.54 Å². The van der Waals surface area contributed by atoms with Crippen LogP contribution in [0.5, 0.6) is 0 Å². The molecule has 15 heavy (non-hydrogen) atoms. The van der Waals surface area contributed by atoms with Gasteiger partial charge in [-0.15, -0.1) is 0 Å². The fraction of sp³-hybridized carbons (Fsp3) is 0.231. The Kier molecular flexibility index (Phi) is 2.88. The van der Waals surface area contributed by atoms with Crippen LogP contribution in [-0.4, -0.2) is 16.3 Å². The summed E-state index contributed by atoms with van der Waals surface area (Å²) in [7, 11) is 0. The largest absolute Gasteiger partial charge is 0.395 e. The zero-order chi connectivity index (χ0) is 10.7. The molecular formula is C13H15NO. The van der Waals surface area contributed by atoms with Gasteiger partial charge in [0, 0.05) is 18.4 Å². The van der Waals surface area contributed by atoms with Gasteiger partial charge >= 0.3 is 0 Å². The van der Waals surface area contributed by atoms with E-state index >= 15 is 0 Å². The van der Waals surface area contributed by atoms with Crippen molar-refractivity contribution in [2.24, 2.45) is 0 Å². The number of aromatic nitrogens is 1. The highest BCUT2D eigenvalue weighted by Crippen LogP contribution is 2.21. The molecular weight excluding hydrogens is 186 g/mol. The minimum absolute atomic E-state index is 0.175. The molecule has 0 aliphatic carbocycles. The van der Waals surface area contributed by atoms with Crippen molar-refractivity contribution >= 4 is 0 Å². The Morgan fingerprint density at radius 3 is 2.60 bits per heavy atom. The molecule has 78 valence electrons. The predicted octanol–water partition coefficient (Wildman–Crippen LogP) is 2.46. The smallest absolute Gasteiger partial charge is 0.0610 e. The monoisotopic (exact) mass is 201 g/mol. The fourth-order valence-corrected chi connectivity index (χ4v) is 1.80. The Labute approximate surface area is 89.8 Å². The van der Waals surface area contributed by atoms with Crippen LogP contribution in [0.1, 0.15) is 5.56 Å². The molecule has 2 aromatic rings. The Morgan fingerprint density at radius 2 is 1.93 bits per heavy atom. The number of rotatable bonds is 3. The van der Waals surface area contributed by atoms with Crippen molar-refractivity contribution in [3.05, 3.63) is 48.2 Å². The van der Waals surface area contributed by atoms with Crippen LogP contribution in [0.15, 0.2) is 42.6 Å². The minimum atomic E-state index is 0.175. The van der Waals surface area contributed by atoms with Gasteiger partial charge in [-0.05, 0) is 24.1 Å². The molecule has 1 N–H and O–H groups in total. The zero-order valence-electron chi connectivity index (χ0n) is 8.85. The molecule has 0 aliphatic heterocycles. The van der Waals surface area contributed by atoms with E-state index in [-0.39, 0.29) is 6.61 Å². The number of aryl methyl sites for hydroxylation is 1. The average Bonchev–Trinajstić information content (AvgIpc) is 2.62. The van der Waals surface area contributed by atoms with Crippen molar-refractivity contribution in [3.8, 4) is 11.3 Å². The third kappa shape index (κ3) is 2.10. The lowest BCUT2D eigenvalue weighted by Crippen LogP contribution is -2.01. The summed E-state index contributed by atoms with van der Waals surface area (Å²) in [5, 5.41) is 8.98. The van der Waals surface area contributed by atoms with E-state index in [9.17, 15) is 0 Å². The molecule has 0 spiro atoms. The molecule has 0 amide bonds. The molecule has 2 heteroatoms. The van der Waals surface area contributed by atoms with Crippen molar-refractivity contribution in [3.63, 3.8) is 0 Å². The van der Waals surface area contributed by atoms with Gasteiger partial charge in [-0.3, -0.25) is 0 Å². The first-order chi connectivity index (χ1) is 7.31. The summed E-state index contributed by atoms with van der Waals surface area (Å²) in [6.07, 6.45) is 2.07. The molecule has 1 aromatic carbocycles. The van der Waals surface area contributed by atoms with Crippen LogP contribution in [0.2, 0.25) is 0 Å². The van der Waals surface area contributed by atoms with Crippen LogP contribution in [0.3, 0.4) is 0 Å². The Bertz CT molecular complexity index is 431. The highest BCUT2D eigenvalue weighted by molar-refractivity contribution is 5.61. The van der Waals surface area contributed by atoms with Crippen LogP contribution in [0.4, 0.5) is 0 Å². The number of nitrogens with zero attached hydrogens (tertiary/aromatic N) is 1. The quantitative estimate of drug-likeness (QED) is 0.810. The first kappa shape index (κ1) is 9.99. The van der Waals surface area contributed by atoms with Crippen LogP contribution < -0.4 is 0 Å². The summed E-state index contributed by atoms with van der Waals surface area (Å²) in [5.74, 6) is 0. The Balaban J connectivity index is 2.43. The van der Waals surface area contributed by atoms with Crippen molar-refractivity contribution in [1.82, 2.24) is 4.57 Å². The van der Waals surface area contributed by atoms with Crippen LogP contribution in [0, 0.1) is 6.92 Å². The van der Waals surface area contributed by atoms with Gasteiger partial charge in [0.1, 0.15) is 0 Å². The molecule has 0 atom stereocenters. The van der Waals surface area contributed by atoms with Crippen LogP contribution >= 0.6 is 0 Å². The van der Waals surface area contributed by atoms with E-state index in [1.165, 1.54) is 16.8 Å². The van der Waals surface area contributed by atoms with E-state index < -0.39 is 0 Å². The lowest BCUT2D eigenvalue weighted by Gasteiger charge is -2.06. The van der Waals surface area contributed by atoms with Crippen molar-refractivity contribution in [2.75, 3.05) is 6.61 Å². The van der Waals surface area contributed by atoms with E-state index in [1.54, 1.807) is 0 Å². The van der Waals surface area contributed by atoms with Crippen molar-refractivity contribution in [2.45, 2.75) is 13.5 Å². The number of hydrogen-bond acceptors (Lipinski definition) is 1. The predicted molar refractivity (Wildman–Crippen MR) is 61.7 cm³/mol. The van der Waals surface area contributed by atoms with E-state index in [0.29, 0.717) is 6.54 Å². The second-order valence-corrected chi connectivity index (χ2v) is 3.69. The lowest BCUT2D eigenvalue weighted by molar-refractivity contribution is 0.277. The third-order valence-corrected chi connectivity index (χ3v) is 2.44. The normalized spacial score (nSPS) is 10.5. The Hall–Kier alpha value is -1.54. The van der Waals surface area contributed by atoms with Gasteiger partial charge in [0.25, 0.3) is 0 Å². The van der Waals surface area contributed by atoms with Gasteiger partial charge in [-0.25, -0.2) is 0 Å². The zero-order valence-corrected chi connectivity index (χ0v) is 8.85. The molecule has 0 bridgehead atoms. The Morgan fingerprint density at radius 1 is 1.20 bits per heavy atom. The molecule has 2 nitrogen and oxygen atoms in total. The summed E-state index contributed by atoms with van der Waals surface area (Å²) >= 11 is 0. The van der Waals surface area contributed by atoms with Crippen molar-refractivity contribution in [1.29, 1.82) is 0 Å². The second-order valence-electron chi connectivity index (χ2n) is 3.69. The van der Waals surface area contributed by atoms with E-state index in [1.807, 2.05) is 18.2 Å². The number of benzene rings is 1. The van der Waals surface area contributed by atoms with E-state index in [4.69, 9.17) is 5.11 Å². The maximum Gasteiger partial charge on any atom is 0.0610 e. The van der Waals surface area contributed by atoms with Gasteiger partial charge in [0.15, 0.2) is 0 Å². The van der Waals surface area contributed by atoms with E-state index in [2.05, 4.69) is 35.9 Å². The highest BCUT2D eigenvalue weighted by Gasteiger charge is 2.04. The maximum atomic E-state index is 8.98. The molecule has 1 aromatic heterocycles. The maximum absolute atomic E-state index is 8.98. The lowest BCUT2D eigenvalue weighted by atomic mass is 10.1. The summed E-state index contributed by atoms with van der Waals surface area (Å²) in [6.45, 7) is 2.90. The average molecular weight is 201 g/mol. The van der Waals surface area contributed by atoms with Gasteiger partial charge in [-0.1, -0.05) is 30.3 Å². The summed E-state index contributed by atoms with van der Waals surface area (Å²) in [6, 6.07) is 12.4. The van der Waals surface area contributed by atoms with Gasteiger partial charge in [0.2, 0.25) is 0 Å². The number of aliphatic hydroxyl groups is 1. The summed E-state index contributed by atoms with van der Waals surface area (Å²) in [5.41, 5.74) is 3.59. The molecule has 0 aliphatic rings. The molecule has 0 radical (unpaired) electrons. The molecule has 0 saturated carbocycles. The number of hydrogen-bond donors (Lipinski definition) is 1. The van der Waals surface area contributed by atoms with Crippen molar-refractivity contribution < 1.29 is 5.11 Å². The van der Waals surface area contributed by atoms with Gasteiger partial charge in [0.05, 0.1) is 6.61 Å². The molecule has 1 heterocycles. The molecule has 0 fully saturated rings. The second kappa shape index (κ2) is 4.32. The fourth-order valence-electron chi connectivity index (χ4n) is 1.80. The summed E-state index contributed by atoms with van der Waals surface area (Å²) in [4.78, 5) is 0.